The Labute approximate surface area is 177 Å². The Bertz CT molecular complexity index is 1320. The molecule has 1 atom stereocenters. The zero-order chi connectivity index (χ0) is 20.5. The van der Waals surface area contributed by atoms with Crippen LogP contribution in [0.4, 0.5) is 0 Å². The van der Waals surface area contributed by atoms with Crippen LogP contribution in [-0.2, 0) is 9.53 Å². The Morgan fingerprint density at radius 2 is 2.10 bits per heavy atom. The average molecular weight is 442 g/mol. The Hall–Kier alpha value is -2.93. The molecule has 6 nitrogen and oxygen atoms in total. The zero-order valence-electron chi connectivity index (χ0n) is 15.2. The van der Waals surface area contributed by atoms with Crippen molar-refractivity contribution >= 4 is 57.4 Å². The fraction of sp³-hybridized carbons (Fsp3) is 0.150. The summed E-state index contributed by atoms with van der Waals surface area (Å²) in [6.45, 7) is 1.90. The molecule has 0 radical (unpaired) electrons. The molecule has 9 heteroatoms. The molecule has 0 aromatic carbocycles. The maximum absolute atomic E-state index is 13.1. The van der Waals surface area contributed by atoms with E-state index in [2.05, 4.69) is 6.07 Å². The topological polar surface area (TPSA) is 98.1 Å². The van der Waals surface area contributed by atoms with E-state index < -0.39 is 11.9 Å². The third kappa shape index (κ3) is 3.25. The Morgan fingerprint density at radius 3 is 2.72 bits per heavy atom. The number of nitriles is 1. The molecule has 2 N–H and O–H groups in total. The van der Waals surface area contributed by atoms with Gasteiger partial charge >= 0.3 is 5.97 Å². The summed E-state index contributed by atoms with van der Waals surface area (Å²) in [6, 6.07) is 5.86. The van der Waals surface area contributed by atoms with Gasteiger partial charge in [-0.05, 0) is 57.8 Å². The molecular formula is C20H15N3O3S3. The Kier molecular flexibility index (Phi) is 5.24. The second-order valence-corrected chi connectivity index (χ2v) is 8.74. The summed E-state index contributed by atoms with van der Waals surface area (Å²) in [7, 11) is 0. The molecule has 146 valence electrons. The summed E-state index contributed by atoms with van der Waals surface area (Å²) in [6.07, 6.45) is 1.76. The van der Waals surface area contributed by atoms with E-state index in [0.29, 0.717) is 9.20 Å². The molecular weight excluding hydrogens is 426 g/mol. The van der Waals surface area contributed by atoms with E-state index in [0.717, 1.165) is 11.1 Å². The number of thiazole rings is 1. The summed E-state index contributed by atoms with van der Waals surface area (Å²) in [5.74, 6) is -1.17. The first kappa shape index (κ1) is 19.4. The molecule has 1 aliphatic rings. The summed E-state index contributed by atoms with van der Waals surface area (Å²) < 4.78 is 7.39. The number of rotatable bonds is 4. The fourth-order valence-electron chi connectivity index (χ4n) is 3.23. The lowest BCUT2D eigenvalue weighted by Gasteiger charge is -2.23. The molecule has 0 aliphatic carbocycles. The first-order valence-corrected chi connectivity index (χ1v) is 11.4. The molecule has 1 aliphatic heterocycles. The number of carbonyl (C=O) groups is 1. The molecule has 0 unspecified atom stereocenters. The number of nitrogens with two attached hydrogens (primary N) is 1. The number of esters is 1. The molecule has 0 amide bonds. The maximum Gasteiger partial charge on any atom is 0.338 e. The van der Waals surface area contributed by atoms with Crippen molar-refractivity contribution in [3.8, 4) is 6.07 Å². The third-order valence-electron chi connectivity index (χ3n) is 4.48. The molecule has 0 bridgehead atoms. The van der Waals surface area contributed by atoms with Crippen LogP contribution in [0, 0.1) is 11.3 Å². The number of allylic oxidation sites excluding steroid dienone is 1. The number of thiophene rings is 2. The molecule has 29 heavy (non-hydrogen) atoms. The Balaban J connectivity index is 2.11. The van der Waals surface area contributed by atoms with E-state index in [9.17, 15) is 14.9 Å². The van der Waals surface area contributed by atoms with Crippen LogP contribution in [0.15, 0.2) is 44.0 Å². The van der Waals surface area contributed by atoms with Gasteiger partial charge in [-0.3, -0.25) is 9.36 Å². The quantitative estimate of drug-likeness (QED) is 0.625. The molecule has 3 aromatic rings. The number of hydrogen-bond acceptors (Lipinski definition) is 8. The summed E-state index contributed by atoms with van der Waals surface area (Å²) in [5.41, 5.74) is 8.02. The average Bonchev–Trinajstić information content (AvgIpc) is 3.45. The zero-order valence-corrected chi connectivity index (χ0v) is 17.7. The second-order valence-electron chi connectivity index (χ2n) is 6.15. The number of fused-ring (bicyclic) bond motifs is 1. The minimum atomic E-state index is -0.669. The van der Waals surface area contributed by atoms with Gasteiger partial charge in [-0.15, -0.1) is 11.3 Å². The molecule has 0 saturated heterocycles. The minimum absolute atomic E-state index is 0.0537. The van der Waals surface area contributed by atoms with Gasteiger partial charge in [0.25, 0.3) is 5.56 Å². The first-order chi connectivity index (χ1) is 14.1. The van der Waals surface area contributed by atoms with E-state index in [1.54, 1.807) is 13.0 Å². The molecule has 0 fully saturated rings. The van der Waals surface area contributed by atoms with E-state index >= 15 is 0 Å². The van der Waals surface area contributed by atoms with Crippen molar-refractivity contribution in [2.45, 2.75) is 12.8 Å². The fourth-order valence-corrected chi connectivity index (χ4v) is 5.70. The van der Waals surface area contributed by atoms with Crippen molar-refractivity contribution in [2.75, 3.05) is 6.61 Å². The van der Waals surface area contributed by atoms with Crippen molar-refractivity contribution in [3.63, 3.8) is 0 Å². The van der Waals surface area contributed by atoms with Gasteiger partial charge in [0.15, 0.2) is 0 Å². The molecule has 4 heterocycles. The van der Waals surface area contributed by atoms with Crippen molar-refractivity contribution in [3.05, 3.63) is 69.9 Å². The minimum Gasteiger partial charge on any atom is -0.463 e. The standard InChI is InChI=1S/C20H15N3O3S3/c1-2-26-20(25)16-15(12-4-6-28-10-12)13(8-21)17(22)23-18(24)14(29-19(16)23)7-11-3-5-27-9-11/h3-7,9-10,15H,2,22H2,1H3/t15-/m1/s1. The van der Waals surface area contributed by atoms with E-state index in [1.807, 2.05) is 33.7 Å². The molecule has 4 rings (SSSR count). The lowest BCUT2D eigenvalue weighted by Crippen LogP contribution is -2.40. The lowest BCUT2D eigenvalue weighted by atomic mass is 9.85. The van der Waals surface area contributed by atoms with Gasteiger partial charge in [0.2, 0.25) is 0 Å². The maximum atomic E-state index is 13.1. The number of ether oxygens (including phenoxy) is 1. The molecule has 0 saturated carbocycles. The Morgan fingerprint density at radius 1 is 1.34 bits per heavy atom. The molecule has 0 spiro atoms. The number of aromatic nitrogens is 1. The number of hydrogen-bond donors (Lipinski definition) is 1. The largest absolute Gasteiger partial charge is 0.463 e. The van der Waals surface area contributed by atoms with E-state index in [4.69, 9.17) is 10.5 Å². The van der Waals surface area contributed by atoms with Gasteiger partial charge in [0.1, 0.15) is 10.5 Å². The third-order valence-corrected chi connectivity index (χ3v) is 6.99. The van der Waals surface area contributed by atoms with Crippen LogP contribution in [0.5, 0.6) is 0 Å². The summed E-state index contributed by atoms with van der Waals surface area (Å²) in [5, 5.41) is 17.4. The van der Waals surface area contributed by atoms with Crippen LogP contribution < -0.4 is 20.5 Å². The monoisotopic (exact) mass is 441 g/mol. The van der Waals surface area contributed by atoms with Crippen LogP contribution in [0.25, 0.3) is 17.5 Å². The summed E-state index contributed by atoms with van der Waals surface area (Å²) in [4.78, 5) is 26.0. The second kappa shape index (κ2) is 7.83. The van der Waals surface area contributed by atoms with Crippen LogP contribution in [0.2, 0.25) is 0 Å². The van der Waals surface area contributed by atoms with Gasteiger partial charge in [-0.2, -0.15) is 27.9 Å². The van der Waals surface area contributed by atoms with Gasteiger partial charge in [0, 0.05) is 0 Å². The normalized spacial score (nSPS) is 16.6. The highest BCUT2D eigenvalue weighted by atomic mass is 32.1. The van der Waals surface area contributed by atoms with Crippen LogP contribution in [0.3, 0.4) is 0 Å². The van der Waals surface area contributed by atoms with Crippen LogP contribution >= 0.6 is 34.0 Å². The molecule has 3 aromatic heterocycles. The first-order valence-electron chi connectivity index (χ1n) is 8.66. The van der Waals surface area contributed by atoms with Crippen molar-refractivity contribution in [2.24, 2.45) is 5.73 Å². The van der Waals surface area contributed by atoms with Crippen molar-refractivity contribution in [1.82, 2.24) is 4.57 Å². The van der Waals surface area contributed by atoms with Crippen LogP contribution in [-0.4, -0.2) is 17.1 Å². The van der Waals surface area contributed by atoms with Gasteiger partial charge < -0.3 is 10.5 Å². The van der Waals surface area contributed by atoms with Gasteiger partial charge in [0.05, 0.1) is 34.3 Å². The van der Waals surface area contributed by atoms with Gasteiger partial charge in [-0.25, -0.2) is 4.79 Å². The van der Waals surface area contributed by atoms with E-state index in [1.165, 1.54) is 38.6 Å². The van der Waals surface area contributed by atoms with Crippen molar-refractivity contribution < 1.29 is 9.53 Å². The summed E-state index contributed by atoms with van der Waals surface area (Å²) >= 11 is 4.16. The van der Waals surface area contributed by atoms with Crippen molar-refractivity contribution in [1.29, 1.82) is 5.26 Å². The predicted octanol–water partition coefficient (Wildman–Crippen LogP) is 2.02. The van der Waals surface area contributed by atoms with Gasteiger partial charge in [-0.1, -0.05) is 0 Å². The van der Waals surface area contributed by atoms with E-state index in [-0.39, 0.29) is 29.1 Å². The van der Waals surface area contributed by atoms with Crippen LogP contribution in [0.1, 0.15) is 24.0 Å². The lowest BCUT2D eigenvalue weighted by molar-refractivity contribution is -0.136. The highest BCUT2D eigenvalue weighted by Crippen LogP contribution is 2.37. The SMILES string of the molecule is CCOC(=O)C1=c2sc(=Cc3ccsc3)c(=O)n2C(N)=C(C#N)[C@H]1c1ccsc1. The predicted molar refractivity (Wildman–Crippen MR) is 116 cm³/mol. The highest BCUT2D eigenvalue weighted by Gasteiger charge is 2.36. The smallest absolute Gasteiger partial charge is 0.338 e. The highest BCUT2D eigenvalue weighted by molar-refractivity contribution is 7.08. The number of nitrogens with zero attached hydrogens (tertiary/aromatic N) is 2. The number of carbonyl (C=O) groups excluding carboxylic acids is 1.